The van der Waals surface area contributed by atoms with Crippen molar-refractivity contribution in [2.24, 2.45) is 5.73 Å². The van der Waals surface area contributed by atoms with Gasteiger partial charge < -0.3 is 20.5 Å². The van der Waals surface area contributed by atoms with Crippen molar-refractivity contribution in [3.63, 3.8) is 0 Å². The molecule has 144 valence electrons. The number of benzene rings is 1. The fourth-order valence-corrected chi connectivity index (χ4v) is 3.36. The lowest BCUT2D eigenvalue weighted by atomic mass is 10.2. The van der Waals surface area contributed by atoms with Crippen LogP contribution < -0.4 is 11.1 Å². The number of rotatable bonds is 5. The van der Waals surface area contributed by atoms with Gasteiger partial charge in [-0.15, -0.1) is 24.8 Å². The van der Waals surface area contributed by atoms with E-state index in [-0.39, 0.29) is 55.8 Å². The minimum Gasteiger partial charge on any atom is -0.346 e. The van der Waals surface area contributed by atoms with E-state index in [0.29, 0.717) is 6.54 Å². The highest BCUT2D eigenvalue weighted by Gasteiger charge is 2.33. The monoisotopic (exact) mass is 401 g/mol. The zero-order valence-electron chi connectivity index (χ0n) is 14.7. The minimum atomic E-state index is -0.320. The first-order valence-electron chi connectivity index (χ1n) is 8.37. The number of aromatic nitrogens is 2. The summed E-state index contributed by atoms with van der Waals surface area (Å²) in [5.41, 5.74) is 7.30. The summed E-state index contributed by atoms with van der Waals surface area (Å²) in [5, 5.41) is 2.55. The quantitative estimate of drug-likeness (QED) is 0.795. The lowest BCUT2D eigenvalue weighted by Gasteiger charge is -2.25. The highest BCUT2D eigenvalue weighted by atomic mass is 35.5. The zero-order valence-corrected chi connectivity index (χ0v) is 16.3. The summed E-state index contributed by atoms with van der Waals surface area (Å²) in [5.74, 6) is 0.517. The van der Waals surface area contributed by atoms with E-state index >= 15 is 0 Å². The van der Waals surface area contributed by atoms with Crippen LogP contribution in [0, 0.1) is 0 Å². The first-order valence-corrected chi connectivity index (χ1v) is 8.37. The number of hydrogen-bond acceptors (Lipinski definition) is 4. The highest BCUT2D eigenvalue weighted by molar-refractivity contribution is 5.86. The lowest BCUT2D eigenvalue weighted by Crippen LogP contribution is -2.42. The molecule has 1 aromatic heterocycles. The Labute approximate surface area is 165 Å². The van der Waals surface area contributed by atoms with Crippen LogP contribution >= 0.6 is 24.8 Å². The maximum Gasteiger partial charge on any atom is 0.242 e. The summed E-state index contributed by atoms with van der Waals surface area (Å²) in [6, 6.07) is 7.98. The number of nitrogens with one attached hydrogen (secondary N) is 1. The van der Waals surface area contributed by atoms with Crippen molar-refractivity contribution in [3.05, 3.63) is 30.1 Å². The smallest absolute Gasteiger partial charge is 0.242 e. The Balaban J connectivity index is 0.00000169. The summed E-state index contributed by atoms with van der Waals surface area (Å²) in [7, 11) is 0. The third-order valence-corrected chi connectivity index (χ3v) is 4.49. The van der Waals surface area contributed by atoms with Crippen molar-refractivity contribution in [2.75, 3.05) is 19.6 Å². The third-order valence-electron chi connectivity index (χ3n) is 4.49. The summed E-state index contributed by atoms with van der Waals surface area (Å²) in [4.78, 5) is 30.4. The van der Waals surface area contributed by atoms with Crippen LogP contribution in [0.4, 0.5) is 0 Å². The number of aryl methyl sites for hydroxylation is 1. The number of carbonyl (C=O) groups is 2. The molecule has 7 nitrogen and oxygen atoms in total. The molecule has 2 amide bonds. The molecule has 1 aliphatic heterocycles. The molecule has 0 radical (unpaired) electrons. The average Bonchev–Trinajstić information content (AvgIpc) is 3.22. The Bertz CT molecular complexity index is 765. The van der Waals surface area contributed by atoms with Crippen LogP contribution in [0.1, 0.15) is 31.6 Å². The molecule has 1 fully saturated rings. The SMILES string of the molecule is CCn1c(C2CCCN2C(=O)CNC(=O)CN)nc2ccccc21.Cl.Cl. The van der Waals surface area contributed by atoms with Gasteiger partial charge in [0, 0.05) is 13.1 Å². The lowest BCUT2D eigenvalue weighted by molar-refractivity contribution is -0.133. The summed E-state index contributed by atoms with van der Waals surface area (Å²) in [6.45, 7) is 3.45. The van der Waals surface area contributed by atoms with Crippen molar-refractivity contribution in [3.8, 4) is 0 Å². The molecule has 2 aromatic rings. The van der Waals surface area contributed by atoms with Crippen LogP contribution in [0.2, 0.25) is 0 Å². The molecule has 0 bridgehead atoms. The molecular formula is C17H25Cl2N5O2. The predicted molar refractivity (Wildman–Crippen MR) is 106 cm³/mol. The average molecular weight is 402 g/mol. The van der Waals surface area contributed by atoms with Gasteiger partial charge in [-0.05, 0) is 31.9 Å². The number of fused-ring (bicyclic) bond motifs is 1. The molecule has 1 atom stereocenters. The Kier molecular flexibility index (Phi) is 8.33. The molecule has 0 aliphatic carbocycles. The maximum atomic E-state index is 12.5. The molecule has 1 saturated heterocycles. The molecule has 3 rings (SSSR count). The van der Waals surface area contributed by atoms with E-state index in [1.54, 1.807) is 0 Å². The van der Waals surface area contributed by atoms with Gasteiger partial charge in [0.2, 0.25) is 11.8 Å². The predicted octanol–water partition coefficient (Wildman–Crippen LogP) is 1.64. The van der Waals surface area contributed by atoms with E-state index in [9.17, 15) is 9.59 Å². The number of likely N-dealkylation sites (tertiary alicyclic amines) is 1. The topological polar surface area (TPSA) is 93.2 Å². The number of nitrogens with zero attached hydrogens (tertiary/aromatic N) is 3. The molecule has 1 unspecified atom stereocenters. The van der Waals surface area contributed by atoms with Gasteiger partial charge in [-0.2, -0.15) is 0 Å². The molecule has 1 aromatic carbocycles. The van der Waals surface area contributed by atoms with Crippen LogP contribution in [0.5, 0.6) is 0 Å². The summed E-state index contributed by atoms with van der Waals surface area (Å²) in [6.07, 6.45) is 1.83. The van der Waals surface area contributed by atoms with Crippen LogP contribution in [0.25, 0.3) is 11.0 Å². The van der Waals surface area contributed by atoms with E-state index in [0.717, 1.165) is 36.2 Å². The Hall–Kier alpha value is -1.83. The van der Waals surface area contributed by atoms with Crippen molar-refractivity contribution >= 4 is 47.7 Å². The summed E-state index contributed by atoms with van der Waals surface area (Å²) >= 11 is 0. The Morgan fingerprint density at radius 1 is 1.31 bits per heavy atom. The van der Waals surface area contributed by atoms with E-state index in [1.807, 2.05) is 23.1 Å². The number of halogens is 2. The van der Waals surface area contributed by atoms with Gasteiger partial charge in [-0.25, -0.2) is 4.98 Å². The number of nitrogens with two attached hydrogens (primary N) is 1. The van der Waals surface area contributed by atoms with Gasteiger partial charge in [0.1, 0.15) is 5.82 Å². The molecule has 1 aliphatic rings. The summed E-state index contributed by atoms with van der Waals surface area (Å²) < 4.78 is 2.17. The van der Waals surface area contributed by atoms with Crippen LogP contribution in [-0.2, 0) is 16.1 Å². The molecular weight excluding hydrogens is 377 g/mol. The normalized spacial score (nSPS) is 16.1. The van der Waals surface area contributed by atoms with Crippen LogP contribution in [0.3, 0.4) is 0 Å². The number of hydrogen-bond donors (Lipinski definition) is 2. The molecule has 0 spiro atoms. The number of para-hydroxylation sites is 2. The van der Waals surface area contributed by atoms with Gasteiger partial charge in [-0.3, -0.25) is 9.59 Å². The molecule has 0 saturated carbocycles. The van der Waals surface area contributed by atoms with Gasteiger partial charge >= 0.3 is 0 Å². The largest absolute Gasteiger partial charge is 0.346 e. The van der Waals surface area contributed by atoms with E-state index in [4.69, 9.17) is 10.7 Å². The van der Waals surface area contributed by atoms with Crippen LogP contribution in [0.15, 0.2) is 24.3 Å². The second-order valence-electron chi connectivity index (χ2n) is 5.93. The number of carbonyl (C=O) groups excluding carboxylic acids is 2. The molecule has 2 heterocycles. The minimum absolute atomic E-state index is 0. The van der Waals surface area contributed by atoms with Crippen molar-refractivity contribution in [1.29, 1.82) is 0 Å². The van der Waals surface area contributed by atoms with Gasteiger partial charge in [0.25, 0.3) is 0 Å². The van der Waals surface area contributed by atoms with Crippen LogP contribution in [-0.4, -0.2) is 45.9 Å². The van der Waals surface area contributed by atoms with Gasteiger partial charge in [0.05, 0.1) is 30.2 Å². The van der Waals surface area contributed by atoms with E-state index in [1.165, 1.54) is 0 Å². The standard InChI is InChI=1S/C17H23N5O2.2ClH/c1-2-21-13-7-4-3-6-12(13)20-17(21)14-8-5-9-22(14)16(24)11-19-15(23)10-18;;/h3-4,6-7,14H,2,5,8-11,18H2,1H3,(H,19,23);2*1H. The third kappa shape index (κ3) is 4.28. The number of amides is 2. The molecule has 26 heavy (non-hydrogen) atoms. The molecule has 3 N–H and O–H groups in total. The fourth-order valence-electron chi connectivity index (χ4n) is 3.36. The Morgan fingerprint density at radius 3 is 2.73 bits per heavy atom. The Morgan fingerprint density at radius 2 is 2.04 bits per heavy atom. The second kappa shape index (κ2) is 9.75. The van der Waals surface area contributed by atoms with Crippen molar-refractivity contribution in [1.82, 2.24) is 19.8 Å². The van der Waals surface area contributed by atoms with E-state index in [2.05, 4.69) is 22.9 Å². The maximum absolute atomic E-state index is 12.5. The van der Waals surface area contributed by atoms with Gasteiger partial charge in [-0.1, -0.05) is 12.1 Å². The van der Waals surface area contributed by atoms with Crippen molar-refractivity contribution in [2.45, 2.75) is 32.4 Å². The van der Waals surface area contributed by atoms with Crippen molar-refractivity contribution < 1.29 is 9.59 Å². The molecule has 9 heteroatoms. The van der Waals surface area contributed by atoms with Gasteiger partial charge in [0.15, 0.2) is 0 Å². The zero-order chi connectivity index (χ0) is 17.1. The first kappa shape index (κ1) is 22.2. The number of imidazole rings is 1. The highest BCUT2D eigenvalue weighted by Crippen LogP contribution is 2.33. The van der Waals surface area contributed by atoms with E-state index < -0.39 is 0 Å². The fraction of sp³-hybridized carbons (Fsp3) is 0.471. The second-order valence-corrected chi connectivity index (χ2v) is 5.93. The first-order chi connectivity index (χ1) is 11.7.